The van der Waals surface area contributed by atoms with Gasteiger partial charge in [0.05, 0.1) is 21.7 Å². The summed E-state index contributed by atoms with van der Waals surface area (Å²) in [7, 11) is 3.08. The lowest BCUT2D eigenvalue weighted by molar-refractivity contribution is -0.383. The third-order valence-corrected chi connectivity index (χ3v) is 5.49. The SMILES string of the molecule is Cn1c(=O)n(C)c2cc([N+](=O)[O-])c(NC(=O)CSc3nnc(N)s3)cc21. The van der Waals surface area contributed by atoms with E-state index in [0.717, 1.165) is 23.1 Å². The van der Waals surface area contributed by atoms with Gasteiger partial charge < -0.3 is 11.1 Å². The number of nitro groups is 1. The number of hydrogen-bond donors (Lipinski definition) is 2. The Bertz CT molecular complexity index is 1080. The van der Waals surface area contributed by atoms with Gasteiger partial charge in [0.1, 0.15) is 5.69 Å². The number of nitrogens with two attached hydrogens (primary N) is 1. The number of amides is 1. The number of carbonyl (C=O) groups excluding carboxylic acids is 1. The summed E-state index contributed by atoms with van der Waals surface area (Å²) in [4.78, 5) is 34.9. The largest absolute Gasteiger partial charge is 0.374 e. The Morgan fingerprint density at radius 1 is 1.35 bits per heavy atom. The van der Waals surface area contributed by atoms with Crippen LogP contribution < -0.4 is 16.7 Å². The molecule has 0 aliphatic rings. The molecule has 3 rings (SSSR count). The number of thioether (sulfide) groups is 1. The fourth-order valence-corrected chi connectivity index (χ4v) is 3.81. The van der Waals surface area contributed by atoms with Gasteiger partial charge in [-0.25, -0.2) is 4.79 Å². The van der Waals surface area contributed by atoms with E-state index in [4.69, 9.17) is 5.73 Å². The fraction of sp³-hybridized carbons (Fsp3) is 0.231. The number of nitrogens with zero attached hydrogens (tertiary/aromatic N) is 5. The fourth-order valence-electron chi connectivity index (χ4n) is 2.38. The van der Waals surface area contributed by atoms with Gasteiger partial charge in [0.15, 0.2) is 4.34 Å². The molecule has 1 amide bonds. The molecule has 13 heteroatoms. The van der Waals surface area contributed by atoms with E-state index in [0.29, 0.717) is 20.5 Å². The number of hydrogen-bond acceptors (Lipinski definition) is 9. The van der Waals surface area contributed by atoms with Crippen LogP contribution in [0.1, 0.15) is 0 Å². The van der Waals surface area contributed by atoms with Crippen LogP contribution in [0.25, 0.3) is 11.0 Å². The molecule has 26 heavy (non-hydrogen) atoms. The lowest BCUT2D eigenvalue weighted by Gasteiger charge is -2.06. The van der Waals surface area contributed by atoms with Gasteiger partial charge in [0.2, 0.25) is 11.0 Å². The standard InChI is InChI=1S/C13H13N7O4S2/c1-18-8-3-6(7(20(23)24)4-9(8)19(2)13(18)22)15-10(21)5-25-12-17-16-11(14)26-12/h3-4H,5H2,1-2H3,(H2,14,16)(H,15,21). The molecule has 3 aromatic rings. The maximum absolute atomic E-state index is 12.2. The molecule has 3 N–H and O–H groups in total. The average molecular weight is 395 g/mol. The van der Waals surface area contributed by atoms with E-state index in [1.165, 1.54) is 28.3 Å². The molecule has 0 spiro atoms. The molecule has 0 saturated heterocycles. The van der Waals surface area contributed by atoms with Crippen molar-refractivity contribution in [3.8, 4) is 0 Å². The van der Waals surface area contributed by atoms with Crippen molar-refractivity contribution in [3.63, 3.8) is 0 Å². The summed E-state index contributed by atoms with van der Waals surface area (Å²) in [5, 5.41) is 21.6. The average Bonchev–Trinajstić information content (AvgIpc) is 3.10. The molecule has 0 saturated carbocycles. The van der Waals surface area contributed by atoms with Gasteiger partial charge in [-0.15, -0.1) is 10.2 Å². The molecule has 0 aliphatic heterocycles. The highest BCUT2D eigenvalue weighted by Crippen LogP contribution is 2.30. The Hall–Kier alpha value is -2.93. The number of benzene rings is 1. The quantitative estimate of drug-likeness (QED) is 0.368. The minimum Gasteiger partial charge on any atom is -0.374 e. The second-order valence-corrected chi connectivity index (χ2v) is 7.49. The van der Waals surface area contributed by atoms with Crippen molar-refractivity contribution in [3.05, 3.63) is 32.7 Å². The number of fused-ring (bicyclic) bond motifs is 1. The van der Waals surface area contributed by atoms with Crippen LogP contribution in [0.2, 0.25) is 0 Å². The van der Waals surface area contributed by atoms with Crippen LogP contribution in [0.3, 0.4) is 0 Å². The Morgan fingerprint density at radius 2 is 2.00 bits per heavy atom. The molecule has 0 unspecified atom stereocenters. The van der Waals surface area contributed by atoms with Crippen molar-refractivity contribution in [2.45, 2.75) is 4.34 Å². The van der Waals surface area contributed by atoms with Crippen LogP contribution in [0.5, 0.6) is 0 Å². The van der Waals surface area contributed by atoms with Crippen LogP contribution in [-0.2, 0) is 18.9 Å². The molecule has 0 aliphatic carbocycles. The zero-order chi connectivity index (χ0) is 19.0. The lowest BCUT2D eigenvalue weighted by atomic mass is 10.2. The second-order valence-electron chi connectivity index (χ2n) is 5.26. The first-order chi connectivity index (χ1) is 12.3. The summed E-state index contributed by atoms with van der Waals surface area (Å²) < 4.78 is 3.19. The highest BCUT2D eigenvalue weighted by Gasteiger charge is 2.21. The number of imidazole rings is 1. The summed E-state index contributed by atoms with van der Waals surface area (Å²) in [6.07, 6.45) is 0. The van der Waals surface area contributed by atoms with Gasteiger partial charge in [-0.05, 0) is 6.07 Å². The molecule has 0 fully saturated rings. The molecule has 11 nitrogen and oxygen atoms in total. The normalized spacial score (nSPS) is 11.0. The van der Waals surface area contributed by atoms with Crippen LogP contribution in [0, 0.1) is 10.1 Å². The molecular weight excluding hydrogens is 382 g/mol. The Balaban J connectivity index is 1.89. The van der Waals surface area contributed by atoms with Crippen molar-refractivity contribution in [1.82, 2.24) is 19.3 Å². The monoisotopic (exact) mass is 395 g/mol. The summed E-state index contributed by atoms with van der Waals surface area (Å²) in [5.41, 5.74) is 5.76. The van der Waals surface area contributed by atoms with E-state index in [1.54, 1.807) is 7.05 Å². The topological polar surface area (TPSA) is 151 Å². The van der Waals surface area contributed by atoms with Crippen LogP contribution in [-0.4, -0.2) is 35.9 Å². The van der Waals surface area contributed by atoms with Crippen molar-refractivity contribution in [2.24, 2.45) is 14.1 Å². The summed E-state index contributed by atoms with van der Waals surface area (Å²) in [5.74, 6) is -0.468. The third kappa shape index (κ3) is 3.25. The highest BCUT2D eigenvalue weighted by molar-refractivity contribution is 8.01. The van der Waals surface area contributed by atoms with E-state index >= 15 is 0 Å². The molecular formula is C13H13N7O4S2. The zero-order valence-corrected chi connectivity index (χ0v) is 15.3. The number of anilines is 2. The van der Waals surface area contributed by atoms with Gasteiger partial charge in [-0.2, -0.15) is 0 Å². The van der Waals surface area contributed by atoms with Gasteiger partial charge in [0, 0.05) is 20.2 Å². The minimum absolute atomic E-state index is 0.0163. The van der Waals surface area contributed by atoms with Gasteiger partial charge in [-0.3, -0.25) is 24.0 Å². The number of rotatable bonds is 5. The lowest BCUT2D eigenvalue weighted by Crippen LogP contribution is -2.19. The van der Waals surface area contributed by atoms with Crippen LogP contribution in [0.4, 0.5) is 16.5 Å². The number of nitrogens with one attached hydrogen (secondary N) is 1. The van der Waals surface area contributed by atoms with Crippen LogP contribution in [0.15, 0.2) is 21.3 Å². The smallest absolute Gasteiger partial charge is 0.328 e. The predicted molar refractivity (Wildman–Crippen MR) is 98.5 cm³/mol. The first-order valence-corrected chi connectivity index (χ1v) is 8.93. The Labute approximate surface area is 154 Å². The van der Waals surface area contributed by atoms with Gasteiger partial charge in [0.25, 0.3) is 5.69 Å². The molecule has 0 radical (unpaired) electrons. The number of aromatic nitrogens is 4. The second kappa shape index (κ2) is 6.76. The van der Waals surface area contributed by atoms with E-state index in [1.807, 2.05) is 0 Å². The maximum atomic E-state index is 12.2. The summed E-state index contributed by atoms with van der Waals surface area (Å²) in [6.45, 7) is 0. The minimum atomic E-state index is -0.606. The zero-order valence-electron chi connectivity index (χ0n) is 13.6. The molecule has 136 valence electrons. The number of nitrogen functional groups attached to an aromatic ring is 1. The number of nitro benzene ring substituents is 1. The Morgan fingerprint density at radius 3 is 2.58 bits per heavy atom. The van der Waals surface area contributed by atoms with E-state index in [9.17, 15) is 19.7 Å². The van der Waals surface area contributed by atoms with Crippen molar-refractivity contribution >= 4 is 56.5 Å². The van der Waals surface area contributed by atoms with E-state index in [2.05, 4.69) is 15.5 Å². The Kier molecular flexibility index (Phi) is 4.65. The first kappa shape index (κ1) is 17.9. The van der Waals surface area contributed by atoms with Crippen molar-refractivity contribution < 1.29 is 9.72 Å². The third-order valence-electron chi connectivity index (χ3n) is 3.61. The number of carbonyl (C=O) groups is 1. The van der Waals surface area contributed by atoms with Gasteiger partial charge >= 0.3 is 5.69 Å². The molecule has 1 aromatic carbocycles. The van der Waals surface area contributed by atoms with Crippen LogP contribution >= 0.6 is 23.1 Å². The molecule has 2 heterocycles. The van der Waals surface area contributed by atoms with E-state index < -0.39 is 10.8 Å². The number of aryl methyl sites for hydroxylation is 2. The highest BCUT2D eigenvalue weighted by atomic mass is 32.2. The first-order valence-electron chi connectivity index (χ1n) is 7.13. The molecule has 0 bridgehead atoms. The molecule has 2 aromatic heterocycles. The predicted octanol–water partition coefficient (Wildman–Crippen LogP) is 0.950. The van der Waals surface area contributed by atoms with Crippen molar-refractivity contribution in [1.29, 1.82) is 0 Å². The summed E-state index contributed by atoms with van der Waals surface area (Å²) >= 11 is 2.26. The van der Waals surface area contributed by atoms with Crippen molar-refractivity contribution in [2.75, 3.05) is 16.8 Å². The molecule has 0 atom stereocenters. The van der Waals surface area contributed by atoms with Gasteiger partial charge in [-0.1, -0.05) is 23.1 Å². The summed E-state index contributed by atoms with van der Waals surface area (Å²) in [6, 6.07) is 2.69. The van der Waals surface area contributed by atoms with E-state index in [-0.39, 0.29) is 22.8 Å². The maximum Gasteiger partial charge on any atom is 0.328 e.